The van der Waals surface area contributed by atoms with Gasteiger partial charge in [-0.2, -0.15) is 0 Å². The first-order valence-electron chi connectivity index (χ1n) is 10.2. The SMILES string of the molecule is Cc1ccc(-c2nc(NC(=O)C(C)Oc3ccc(-c4ccccc4)cc3)sc2C)cc1. The average molecular weight is 429 g/mol. The maximum Gasteiger partial charge on any atom is 0.266 e. The van der Waals surface area contributed by atoms with Crippen LogP contribution >= 0.6 is 11.3 Å². The maximum absolute atomic E-state index is 12.6. The topological polar surface area (TPSA) is 51.2 Å². The van der Waals surface area contributed by atoms with Crippen molar-refractivity contribution in [2.75, 3.05) is 5.32 Å². The lowest BCUT2D eigenvalue weighted by molar-refractivity contribution is -0.122. The number of hydrogen-bond acceptors (Lipinski definition) is 4. The van der Waals surface area contributed by atoms with Crippen LogP contribution in [0.2, 0.25) is 0 Å². The van der Waals surface area contributed by atoms with E-state index in [-0.39, 0.29) is 5.91 Å². The maximum atomic E-state index is 12.6. The van der Waals surface area contributed by atoms with E-state index >= 15 is 0 Å². The molecule has 0 saturated heterocycles. The molecule has 0 spiro atoms. The highest BCUT2D eigenvalue weighted by Gasteiger charge is 2.18. The van der Waals surface area contributed by atoms with Crippen LogP contribution in [0.4, 0.5) is 5.13 Å². The summed E-state index contributed by atoms with van der Waals surface area (Å²) in [4.78, 5) is 18.3. The Morgan fingerprint density at radius 3 is 2.16 bits per heavy atom. The number of hydrogen-bond donors (Lipinski definition) is 1. The Labute approximate surface area is 186 Å². The van der Waals surface area contributed by atoms with E-state index in [0.29, 0.717) is 10.9 Å². The molecule has 5 heteroatoms. The second kappa shape index (κ2) is 9.14. The van der Waals surface area contributed by atoms with Gasteiger partial charge in [0, 0.05) is 10.4 Å². The summed E-state index contributed by atoms with van der Waals surface area (Å²) in [5.41, 5.74) is 5.39. The first-order chi connectivity index (χ1) is 15.0. The van der Waals surface area contributed by atoms with Crippen LogP contribution in [0.3, 0.4) is 0 Å². The molecule has 1 atom stereocenters. The lowest BCUT2D eigenvalue weighted by Gasteiger charge is -2.14. The molecule has 0 bridgehead atoms. The molecular weight excluding hydrogens is 404 g/mol. The largest absolute Gasteiger partial charge is 0.481 e. The summed E-state index contributed by atoms with van der Waals surface area (Å²) in [7, 11) is 0. The van der Waals surface area contributed by atoms with Crippen molar-refractivity contribution in [1.82, 2.24) is 4.98 Å². The molecule has 4 nitrogen and oxygen atoms in total. The number of aromatic nitrogens is 1. The smallest absolute Gasteiger partial charge is 0.266 e. The molecule has 4 aromatic rings. The Kier molecular flexibility index (Phi) is 6.14. The van der Waals surface area contributed by atoms with Crippen LogP contribution in [0.25, 0.3) is 22.4 Å². The van der Waals surface area contributed by atoms with Crippen molar-refractivity contribution in [3.8, 4) is 28.1 Å². The fraction of sp³-hybridized carbons (Fsp3) is 0.154. The fourth-order valence-electron chi connectivity index (χ4n) is 3.25. The molecule has 1 amide bonds. The lowest BCUT2D eigenvalue weighted by Crippen LogP contribution is -2.30. The first kappa shape index (κ1) is 20.8. The van der Waals surface area contributed by atoms with E-state index in [1.807, 2.05) is 61.5 Å². The molecule has 31 heavy (non-hydrogen) atoms. The molecule has 1 unspecified atom stereocenters. The van der Waals surface area contributed by atoms with E-state index in [2.05, 4.69) is 41.5 Å². The van der Waals surface area contributed by atoms with Crippen molar-refractivity contribution in [3.63, 3.8) is 0 Å². The van der Waals surface area contributed by atoms with Gasteiger partial charge in [-0.15, -0.1) is 11.3 Å². The number of aryl methyl sites for hydroxylation is 2. The Bertz CT molecular complexity index is 1170. The Morgan fingerprint density at radius 1 is 0.871 bits per heavy atom. The van der Waals surface area contributed by atoms with E-state index < -0.39 is 6.10 Å². The van der Waals surface area contributed by atoms with Gasteiger partial charge >= 0.3 is 0 Å². The van der Waals surface area contributed by atoms with Crippen LogP contribution in [-0.4, -0.2) is 17.0 Å². The number of carbonyl (C=O) groups excluding carboxylic acids is 1. The monoisotopic (exact) mass is 428 g/mol. The highest BCUT2D eigenvalue weighted by atomic mass is 32.1. The zero-order valence-electron chi connectivity index (χ0n) is 17.8. The molecule has 0 fully saturated rings. The molecule has 0 saturated carbocycles. The van der Waals surface area contributed by atoms with Crippen LogP contribution in [0.15, 0.2) is 78.9 Å². The van der Waals surface area contributed by atoms with Crippen molar-refractivity contribution in [3.05, 3.63) is 89.3 Å². The molecular formula is C26H24N2O2S. The molecule has 1 aromatic heterocycles. The van der Waals surface area contributed by atoms with Crippen molar-refractivity contribution in [2.45, 2.75) is 26.9 Å². The predicted octanol–water partition coefficient (Wildman–Crippen LogP) is 6.50. The number of rotatable bonds is 6. The molecule has 0 radical (unpaired) electrons. The zero-order chi connectivity index (χ0) is 21.8. The number of nitrogens with one attached hydrogen (secondary N) is 1. The molecule has 1 heterocycles. The first-order valence-corrected chi connectivity index (χ1v) is 11.0. The Balaban J connectivity index is 1.40. The standard InChI is InChI=1S/C26H24N2O2S/c1-17-9-11-22(12-10-17)24-19(3)31-26(27-24)28-25(29)18(2)30-23-15-13-21(14-16-23)20-7-5-4-6-8-20/h4-16,18H,1-3H3,(H,27,28,29). The minimum absolute atomic E-state index is 0.226. The minimum Gasteiger partial charge on any atom is -0.481 e. The number of anilines is 1. The van der Waals surface area contributed by atoms with Crippen LogP contribution in [0.5, 0.6) is 5.75 Å². The third-order valence-electron chi connectivity index (χ3n) is 5.00. The number of nitrogens with zero attached hydrogens (tertiary/aromatic N) is 1. The molecule has 1 N–H and O–H groups in total. The average Bonchev–Trinajstić information content (AvgIpc) is 3.15. The number of thiazole rings is 1. The van der Waals surface area contributed by atoms with Gasteiger partial charge in [-0.05, 0) is 44.0 Å². The van der Waals surface area contributed by atoms with Gasteiger partial charge in [-0.3, -0.25) is 10.1 Å². The number of benzene rings is 3. The van der Waals surface area contributed by atoms with Crippen LogP contribution in [0.1, 0.15) is 17.4 Å². The molecule has 0 aliphatic rings. The van der Waals surface area contributed by atoms with E-state index in [1.165, 1.54) is 16.9 Å². The molecule has 4 rings (SSSR count). The molecule has 156 valence electrons. The fourth-order valence-corrected chi connectivity index (χ4v) is 4.09. The lowest BCUT2D eigenvalue weighted by atomic mass is 10.1. The second-order valence-corrected chi connectivity index (χ2v) is 8.63. The van der Waals surface area contributed by atoms with E-state index in [0.717, 1.165) is 27.3 Å². The molecule has 3 aromatic carbocycles. The molecule has 0 aliphatic carbocycles. The summed E-state index contributed by atoms with van der Waals surface area (Å²) in [6.45, 7) is 5.80. The van der Waals surface area contributed by atoms with Crippen molar-refractivity contribution < 1.29 is 9.53 Å². The van der Waals surface area contributed by atoms with Gasteiger partial charge < -0.3 is 4.74 Å². The summed E-state index contributed by atoms with van der Waals surface area (Å²) >= 11 is 1.47. The van der Waals surface area contributed by atoms with Gasteiger partial charge in [0.1, 0.15) is 5.75 Å². The van der Waals surface area contributed by atoms with Gasteiger partial charge in [0.25, 0.3) is 5.91 Å². The summed E-state index contributed by atoms with van der Waals surface area (Å²) < 4.78 is 5.84. The summed E-state index contributed by atoms with van der Waals surface area (Å²) in [6.07, 6.45) is -0.644. The van der Waals surface area contributed by atoms with Crippen LogP contribution < -0.4 is 10.1 Å². The van der Waals surface area contributed by atoms with Gasteiger partial charge in [-0.1, -0.05) is 72.3 Å². The molecule has 0 aliphatic heterocycles. The Hall–Kier alpha value is -3.44. The summed E-state index contributed by atoms with van der Waals surface area (Å²) in [5.74, 6) is 0.425. The quantitative estimate of drug-likeness (QED) is 0.381. The number of carbonyl (C=O) groups is 1. The zero-order valence-corrected chi connectivity index (χ0v) is 18.6. The van der Waals surface area contributed by atoms with E-state index in [4.69, 9.17) is 4.74 Å². The van der Waals surface area contributed by atoms with Crippen molar-refractivity contribution in [2.24, 2.45) is 0 Å². The third kappa shape index (κ3) is 5.01. The van der Waals surface area contributed by atoms with E-state index in [1.54, 1.807) is 6.92 Å². The summed E-state index contributed by atoms with van der Waals surface area (Å²) in [6, 6.07) is 26.1. The van der Waals surface area contributed by atoms with Crippen LogP contribution in [0, 0.1) is 13.8 Å². The number of ether oxygens (including phenoxy) is 1. The van der Waals surface area contributed by atoms with Crippen molar-refractivity contribution >= 4 is 22.4 Å². The Morgan fingerprint density at radius 2 is 1.48 bits per heavy atom. The second-order valence-electron chi connectivity index (χ2n) is 7.43. The highest BCUT2D eigenvalue weighted by molar-refractivity contribution is 7.16. The van der Waals surface area contributed by atoms with Crippen molar-refractivity contribution in [1.29, 1.82) is 0 Å². The predicted molar refractivity (Wildman–Crippen MR) is 128 cm³/mol. The van der Waals surface area contributed by atoms with Gasteiger partial charge in [0.2, 0.25) is 0 Å². The van der Waals surface area contributed by atoms with E-state index in [9.17, 15) is 4.79 Å². The minimum atomic E-state index is -0.644. The summed E-state index contributed by atoms with van der Waals surface area (Å²) in [5, 5.41) is 3.46. The van der Waals surface area contributed by atoms with Gasteiger partial charge in [0.05, 0.1) is 5.69 Å². The van der Waals surface area contributed by atoms with Crippen LogP contribution in [-0.2, 0) is 4.79 Å². The van der Waals surface area contributed by atoms with Gasteiger partial charge in [-0.25, -0.2) is 4.98 Å². The number of amides is 1. The normalized spacial score (nSPS) is 11.7. The third-order valence-corrected chi connectivity index (χ3v) is 5.88. The highest BCUT2D eigenvalue weighted by Crippen LogP contribution is 2.30. The van der Waals surface area contributed by atoms with Gasteiger partial charge in [0.15, 0.2) is 11.2 Å².